The van der Waals surface area contributed by atoms with E-state index >= 15 is 0 Å². The van der Waals surface area contributed by atoms with Crippen molar-refractivity contribution in [2.45, 2.75) is 43.8 Å². The molecule has 0 saturated heterocycles. The number of carboxylic acids is 1. The predicted molar refractivity (Wildman–Crippen MR) is 70.0 cm³/mol. The number of carboxylic acid groups (broad SMARTS) is 1. The molecule has 0 aliphatic carbocycles. The number of carbonyl (C=O) groups is 1. The molecule has 0 unspecified atom stereocenters. The second kappa shape index (κ2) is 5.87. The summed E-state index contributed by atoms with van der Waals surface area (Å²) in [5.41, 5.74) is -1.07. The van der Waals surface area contributed by atoms with Gasteiger partial charge in [-0.1, -0.05) is 13.0 Å². The van der Waals surface area contributed by atoms with Gasteiger partial charge in [-0.25, -0.2) is 22.0 Å². The quantitative estimate of drug-likeness (QED) is 0.906. The minimum absolute atomic E-state index is 0.143. The summed E-state index contributed by atoms with van der Waals surface area (Å²) in [4.78, 5) is 10.5. The summed E-state index contributed by atoms with van der Waals surface area (Å²) in [6.07, 6.45) is -2.73. The number of alkyl halides is 2. The van der Waals surface area contributed by atoms with Gasteiger partial charge in [0, 0.05) is 5.56 Å². The van der Waals surface area contributed by atoms with Gasteiger partial charge < -0.3 is 5.11 Å². The molecule has 0 spiro atoms. The number of halogens is 2. The van der Waals surface area contributed by atoms with Crippen molar-refractivity contribution < 1.29 is 27.1 Å². The second-order valence-electron chi connectivity index (χ2n) is 4.53. The van der Waals surface area contributed by atoms with Crippen molar-refractivity contribution in [1.29, 1.82) is 0 Å². The van der Waals surface area contributed by atoms with Crippen molar-refractivity contribution in [3.05, 3.63) is 28.8 Å². The molecule has 0 fully saturated rings. The minimum atomic E-state index is -3.99. The molecule has 0 aromatic heterocycles. The molecule has 0 bridgehead atoms. The molecule has 0 amide bonds. The van der Waals surface area contributed by atoms with E-state index in [0.29, 0.717) is 0 Å². The van der Waals surface area contributed by atoms with Crippen LogP contribution in [-0.2, 0) is 9.84 Å². The topological polar surface area (TPSA) is 71.4 Å². The van der Waals surface area contributed by atoms with Crippen LogP contribution in [0.25, 0.3) is 0 Å². The first-order chi connectivity index (χ1) is 9.14. The van der Waals surface area contributed by atoms with Gasteiger partial charge in [-0.2, -0.15) is 0 Å². The van der Waals surface area contributed by atoms with Gasteiger partial charge in [0.05, 0.1) is 15.7 Å². The molecular weight excluding hydrogens is 290 g/mol. The lowest BCUT2D eigenvalue weighted by Crippen LogP contribution is -2.21. The standard InChI is InChI=1S/C13H16F2O4S/c1-4-7(2)20(18,19)11-8(3)9(13(16)17)5-6-10(11)12(14)15/h5-7,12H,4H2,1-3H3,(H,16,17)/t7-/m0/s1. The van der Waals surface area contributed by atoms with E-state index in [9.17, 15) is 22.0 Å². The van der Waals surface area contributed by atoms with Gasteiger partial charge in [-0.3, -0.25) is 0 Å². The highest BCUT2D eigenvalue weighted by molar-refractivity contribution is 7.92. The van der Waals surface area contributed by atoms with Crippen LogP contribution in [-0.4, -0.2) is 24.7 Å². The summed E-state index contributed by atoms with van der Waals surface area (Å²) in [7, 11) is -3.99. The average molecular weight is 306 g/mol. The monoisotopic (exact) mass is 306 g/mol. The number of sulfone groups is 1. The van der Waals surface area contributed by atoms with E-state index in [0.717, 1.165) is 12.1 Å². The first kappa shape index (κ1) is 16.6. The lowest BCUT2D eigenvalue weighted by molar-refractivity contribution is 0.0695. The molecule has 1 aromatic rings. The summed E-state index contributed by atoms with van der Waals surface area (Å²) >= 11 is 0. The minimum Gasteiger partial charge on any atom is -0.478 e. The van der Waals surface area contributed by atoms with Gasteiger partial charge in [0.1, 0.15) is 0 Å². The Labute approximate surface area is 116 Å². The first-order valence-electron chi connectivity index (χ1n) is 6.03. The fourth-order valence-electron chi connectivity index (χ4n) is 1.91. The Hall–Kier alpha value is -1.50. The second-order valence-corrected chi connectivity index (χ2v) is 6.83. The van der Waals surface area contributed by atoms with Crippen LogP contribution in [0, 0.1) is 6.92 Å². The molecule has 0 saturated carbocycles. The Morgan fingerprint density at radius 2 is 1.90 bits per heavy atom. The smallest absolute Gasteiger partial charge is 0.335 e. The number of rotatable bonds is 5. The highest BCUT2D eigenvalue weighted by Gasteiger charge is 2.31. The Kier molecular flexibility index (Phi) is 4.86. The Bertz CT molecular complexity index is 624. The van der Waals surface area contributed by atoms with Gasteiger partial charge in [0.2, 0.25) is 0 Å². The SMILES string of the molecule is CC[C@H](C)S(=O)(=O)c1c(C(F)F)ccc(C(=O)O)c1C. The zero-order chi connectivity index (χ0) is 15.7. The van der Waals surface area contributed by atoms with Crippen LogP contribution in [0.3, 0.4) is 0 Å². The summed E-state index contributed by atoms with van der Waals surface area (Å²) in [6.45, 7) is 4.28. The molecule has 20 heavy (non-hydrogen) atoms. The molecule has 7 heteroatoms. The van der Waals surface area contributed by atoms with E-state index in [1.54, 1.807) is 6.92 Å². The fourth-order valence-corrected chi connectivity index (χ4v) is 3.78. The average Bonchev–Trinajstić information content (AvgIpc) is 2.36. The van der Waals surface area contributed by atoms with E-state index in [-0.39, 0.29) is 17.5 Å². The van der Waals surface area contributed by atoms with E-state index in [2.05, 4.69) is 0 Å². The highest BCUT2D eigenvalue weighted by atomic mass is 32.2. The molecule has 0 heterocycles. The molecule has 0 radical (unpaired) electrons. The maximum absolute atomic E-state index is 13.0. The zero-order valence-corrected chi connectivity index (χ0v) is 12.2. The molecular formula is C13H16F2O4S. The van der Waals surface area contributed by atoms with Gasteiger partial charge in [0.15, 0.2) is 9.84 Å². The van der Waals surface area contributed by atoms with E-state index < -0.39 is 37.9 Å². The van der Waals surface area contributed by atoms with Gasteiger partial charge in [0.25, 0.3) is 6.43 Å². The van der Waals surface area contributed by atoms with Crippen molar-refractivity contribution in [2.75, 3.05) is 0 Å². The van der Waals surface area contributed by atoms with E-state index in [1.807, 2.05) is 0 Å². The molecule has 1 atom stereocenters. The Balaban J connectivity index is 3.73. The van der Waals surface area contributed by atoms with Crippen LogP contribution in [0.15, 0.2) is 17.0 Å². The molecule has 0 aliphatic rings. The third-order valence-electron chi connectivity index (χ3n) is 3.29. The van der Waals surface area contributed by atoms with Crippen molar-refractivity contribution in [3.63, 3.8) is 0 Å². The molecule has 1 rings (SSSR count). The van der Waals surface area contributed by atoms with Crippen molar-refractivity contribution in [1.82, 2.24) is 0 Å². The third-order valence-corrected chi connectivity index (χ3v) is 5.79. The van der Waals surface area contributed by atoms with Gasteiger partial charge >= 0.3 is 5.97 Å². The number of benzene rings is 1. The van der Waals surface area contributed by atoms with Crippen LogP contribution >= 0.6 is 0 Å². The van der Waals surface area contributed by atoms with Gasteiger partial charge in [-0.15, -0.1) is 0 Å². The van der Waals surface area contributed by atoms with Crippen LogP contribution in [0.4, 0.5) is 8.78 Å². The molecule has 112 valence electrons. The van der Waals surface area contributed by atoms with E-state index in [1.165, 1.54) is 13.8 Å². The van der Waals surface area contributed by atoms with Crippen LogP contribution in [0.2, 0.25) is 0 Å². The maximum atomic E-state index is 13.0. The normalized spacial score (nSPS) is 13.5. The highest BCUT2D eigenvalue weighted by Crippen LogP contribution is 2.33. The zero-order valence-electron chi connectivity index (χ0n) is 11.4. The van der Waals surface area contributed by atoms with Crippen LogP contribution < -0.4 is 0 Å². The van der Waals surface area contributed by atoms with Crippen molar-refractivity contribution >= 4 is 15.8 Å². The maximum Gasteiger partial charge on any atom is 0.335 e. The predicted octanol–water partition coefficient (Wildman–Crippen LogP) is 3.20. The Morgan fingerprint density at radius 3 is 2.30 bits per heavy atom. The molecule has 0 aliphatic heterocycles. The van der Waals surface area contributed by atoms with Crippen LogP contribution in [0.1, 0.15) is 48.2 Å². The van der Waals surface area contributed by atoms with Crippen molar-refractivity contribution in [2.24, 2.45) is 0 Å². The molecule has 4 nitrogen and oxygen atoms in total. The number of hydrogen-bond donors (Lipinski definition) is 1. The molecule has 1 aromatic carbocycles. The first-order valence-corrected chi connectivity index (χ1v) is 7.58. The largest absolute Gasteiger partial charge is 0.478 e. The summed E-state index contributed by atoms with van der Waals surface area (Å²) < 4.78 is 50.8. The molecule has 1 N–H and O–H groups in total. The van der Waals surface area contributed by atoms with Crippen LogP contribution in [0.5, 0.6) is 0 Å². The van der Waals surface area contributed by atoms with Gasteiger partial charge in [-0.05, 0) is 31.9 Å². The lowest BCUT2D eigenvalue weighted by Gasteiger charge is -2.18. The van der Waals surface area contributed by atoms with E-state index in [4.69, 9.17) is 5.11 Å². The van der Waals surface area contributed by atoms with Crippen molar-refractivity contribution in [3.8, 4) is 0 Å². The number of aromatic carboxylic acids is 1. The Morgan fingerprint density at radius 1 is 1.35 bits per heavy atom. The summed E-state index contributed by atoms with van der Waals surface area (Å²) in [5, 5.41) is 8.14. The summed E-state index contributed by atoms with van der Waals surface area (Å²) in [6, 6.07) is 1.88. The lowest BCUT2D eigenvalue weighted by atomic mass is 10.1. The third kappa shape index (κ3) is 2.82. The number of hydrogen-bond acceptors (Lipinski definition) is 3. The fraction of sp³-hybridized carbons (Fsp3) is 0.462. The summed E-state index contributed by atoms with van der Waals surface area (Å²) in [5.74, 6) is -1.34.